The van der Waals surface area contributed by atoms with Gasteiger partial charge in [0.05, 0.1) is 12.5 Å². The summed E-state index contributed by atoms with van der Waals surface area (Å²) >= 11 is 0. The number of aliphatic carboxylic acids is 1. The normalized spacial score (nSPS) is 13.8. The number of carboxylic acid groups (broad SMARTS) is 1. The molecule has 2 atom stereocenters. The number of benzene rings is 2. The van der Waals surface area contributed by atoms with Crippen LogP contribution in [-0.4, -0.2) is 33.5 Å². The summed E-state index contributed by atoms with van der Waals surface area (Å²) in [5.41, 5.74) is -1.75. The van der Waals surface area contributed by atoms with Crippen LogP contribution in [0.25, 0.3) is 10.8 Å². The lowest BCUT2D eigenvalue weighted by atomic mass is 9.87. The van der Waals surface area contributed by atoms with Crippen LogP contribution in [0.3, 0.4) is 0 Å². The third kappa shape index (κ3) is 11.7. The zero-order chi connectivity index (χ0) is 28.5. The summed E-state index contributed by atoms with van der Waals surface area (Å²) in [6.07, 6.45) is 14.8. The number of carbonyl (C=O) groups is 3. The van der Waals surface area contributed by atoms with E-state index in [9.17, 15) is 24.6 Å². The summed E-state index contributed by atoms with van der Waals surface area (Å²) < 4.78 is 0. The van der Waals surface area contributed by atoms with E-state index in [1.807, 2.05) is 42.5 Å². The Labute approximate surface area is 233 Å². The summed E-state index contributed by atoms with van der Waals surface area (Å²) in [5.74, 6) is -3.46. The molecule has 0 spiro atoms. The number of aliphatic hydroxyl groups is 1. The molecular formula is C33H44NO5. The molecule has 0 aromatic heterocycles. The average Bonchev–Trinajstić information content (AvgIpc) is 2.91. The number of rotatable bonds is 20. The molecule has 1 amide bonds. The van der Waals surface area contributed by atoms with Gasteiger partial charge in [-0.3, -0.25) is 9.59 Å². The summed E-state index contributed by atoms with van der Waals surface area (Å²) in [5, 5.41) is 24.5. The van der Waals surface area contributed by atoms with Gasteiger partial charge in [0.25, 0.3) is 0 Å². The minimum Gasteiger partial charge on any atom is -0.479 e. The monoisotopic (exact) mass is 534 g/mol. The number of carboxylic acids is 1. The predicted molar refractivity (Wildman–Crippen MR) is 156 cm³/mol. The van der Waals surface area contributed by atoms with Crippen molar-refractivity contribution in [2.45, 2.75) is 96.0 Å². The summed E-state index contributed by atoms with van der Waals surface area (Å²) in [6.45, 7) is 9.33. The molecule has 2 aromatic rings. The number of fused-ring (bicyclic) bond motifs is 1. The zero-order valence-corrected chi connectivity index (χ0v) is 23.2. The van der Waals surface area contributed by atoms with Gasteiger partial charge < -0.3 is 15.5 Å². The Morgan fingerprint density at radius 1 is 0.923 bits per heavy atom. The Kier molecular flexibility index (Phi) is 14.5. The first-order valence-electron chi connectivity index (χ1n) is 14.3. The molecule has 6 heteroatoms. The fourth-order valence-corrected chi connectivity index (χ4v) is 4.51. The van der Waals surface area contributed by atoms with Gasteiger partial charge in [-0.25, -0.2) is 4.79 Å². The molecule has 6 nitrogen and oxygen atoms in total. The van der Waals surface area contributed by atoms with Gasteiger partial charge in [-0.1, -0.05) is 100 Å². The Hall–Kier alpha value is -2.99. The second kappa shape index (κ2) is 17.6. The number of ketones is 1. The first-order valence-corrected chi connectivity index (χ1v) is 14.3. The van der Waals surface area contributed by atoms with Gasteiger partial charge in [0.2, 0.25) is 5.91 Å². The summed E-state index contributed by atoms with van der Waals surface area (Å²) in [6, 6.07) is 13.9. The average molecular weight is 535 g/mol. The number of hydrogen-bond acceptors (Lipinski definition) is 4. The van der Waals surface area contributed by atoms with Crippen molar-refractivity contribution in [3.63, 3.8) is 0 Å². The van der Waals surface area contributed by atoms with Gasteiger partial charge in [-0.05, 0) is 48.4 Å². The SMILES string of the molecule is [CH][C@@](O)(C(=O)O)[C@H](/C=C/CCCCCCC(=O)CCCCCCC)C(=O)N[CH]Cc1ccc2ccccc2c1. The first kappa shape index (κ1) is 32.2. The van der Waals surface area contributed by atoms with Gasteiger partial charge in [-0.15, -0.1) is 0 Å². The zero-order valence-electron chi connectivity index (χ0n) is 23.2. The van der Waals surface area contributed by atoms with E-state index in [4.69, 9.17) is 6.92 Å². The number of unbranched alkanes of at least 4 members (excludes halogenated alkanes) is 8. The Balaban J connectivity index is 1.73. The highest BCUT2D eigenvalue weighted by Crippen LogP contribution is 2.21. The van der Waals surface area contributed by atoms with Crippen molar-refractivity contribution in [2.24, 2.45) is 5.92 Å². The third-order valence-electron chi connectivity index (χ3n) is 6.96. The largest absolute Gasteiger partial charge is 0.479 e. The predicted octanol–water partition coefficient (Wildman–Crippen LogP) is 6.63. The highest BCUT2D eigenvalue weighted by molar-refractivity contribution is 5.91. The summed E-state index contributed by atoms with van der Waals surface area (Å²) in [4.78, 5) is 36.3. The van der Waals surface area contributed by atoms with Gasteiger partial charge in [0.1, 0.15) is 5.78 Å². The van der Waals surface area contributed by atoms with Crippen LogP contribution in [-0.2, 0) is 20.8 Å². The molecule has 2 aromatic carbocycles. The number of Topliss-reactive ketones (excluding diaryl/α,β-unsaturated/α-hetero) is 1. The standard InChI is InChI=1S/C33H44NO5/c1-3-4-5-8-11-18-29(35)19-12-9-6-7-10-13-20-30(33(2,39)32(37)38)31(36)34-24-23-26-21-22-27-16-14-15-17-28(27)25-26/h2,13-17,20-22,24-25,30,39H,3-12,18-19,23H2,1H3,(H,34,36)(H,37,38)/b20-13+/t30-,33+/m1/s1. The van der Waals surface area contributed by atoms with Crippen molar-refractivity contribution < 1.29 is 24.6 Å². The number of nitrogens with one attached hydrogen (secondary N) is 1. The van der Waals surface area contributed by atoms with E-state index in [0.29, 0.717) is 31.5 Å². The van der Waals surface area contributed by atoms with Crippen LogP contribution in [0.5, 0.6) is 0 Å². The lowest BCUT2D eigenvalue weighted by Gasteiger charge is -2.25. The van der Waals surface area contributed by atoms with E-state index in [1.54, 1.807) is 6.08 Å². The quantitative estimate of drug-likeness (QED) is 0.131. The molecular weight excluding hydrogens is 490 g/mol. The molecule has 0 saturated carbocycles. The molecule has 0 fully saturated rings. The van der Waals surface area contributed by atoms with Gasteiger partial charge in [0, 0.05) is 19.8 Å². The van der Waals surface area contributed by atoms with Crippen molar-refractivity contribution >= 4 is 28.4 Å². The molecule has 0 bridgehead atoms. The smallest absolute Gasteiger partial charge is 0.337 e. The molecule has 3 N–H and O–H groups in total. The Morgan fingerprint density at radius 2 is 1.56 bits per heavy atom. The van der Waals surface area contributed by atoms with E-state index in [1.165, 1.54) is 31.9 Å². The molecule has 211 valence electrons. The fraction of sp³-hybridized carbons (Fsp3) is 0.485. The molecule has 0 saturated heterocycles. The van der Waals surface area contributed by atoms with Crippen LogP contribution in [0.1, 0.15) is 89.5 Å². The van der Waals surface area contributed by atoms with Crippen LogP contribution in [0.2, 0.25) is 0 Å². The molecule has 0 aliphatic rings. The van der Waals surface area contributed by atoms with Crippen LogP contribution >= 0.6 is 0 Å². The minimum absolute atomic E-state index is 0.341. The van der Waals surface area contributed by atoms with Gasteiger partial charge in [0.15, 0.2) is 5.60 Å². The molecule has 2 rings (SSSR count). The van der Waals surface area contributed by atoms with Crippen molar-refractivity contribution in [3.05, 3.63) is 73.6 Å². The Bertz CT molecular complexity index is 1070. The molecule has 0 unspecified atom stereocenters. The number of amides is 1. The van der Waals surface area contributed by atoms with Crippen molar-refractivity contribution in [3.8, 4) is 0 Å². The first-order chi connectivity index (χ1) is 18.8. The van der Waals surface area contributed by atoms with Crippen molar-refractivity contribution in [1.82, 2.24) is 5.32 Å². The highest BCUT2D eigenvalue weighted by Gasteiger charge is 2.42. The molecule has 0 aliphatic carbocycles. The number of carbonyl (C=O) groups excluding carboxylic acids is 2. The fourth-order valence-electron chi connectivity index (χ4n) is 4.51. The van der Waals surface area contributed by atoms with E-state index in [2.05, 4.69) is 12.2 Å². The van der Waals surface area contributed by atoms with Crippen LogP contribution in [0.15, 0.2) is 54.6 Å². The van der Waals surface area contributed by atoms with Crippen molar-refractivity contribution in [1.29, 1.82) is 0 Å². The molecule has 0 heterocycles. The van der Waals surface area contributed by atoms with E-state index < -0.39 is 23.4 Å². The second-order valence-electron chi connectivity index (χ2n) is 10.3. The van der Waals surface area contributed by atoms with Gasteiger partial charge in [-0.2, -0.15) is 0 Å². The maximum Gasteiger partial charge on any atom is 0.337 e. The lowest BCUT2D eigenvalue weighted by Crippen LogP contribution is -2.49. The van der Waals surface area contributed by atoms with E-state index >= 15 is 0 Å². The van der Waals surface area contributed by atoms with E-state index in [-0.39, 0.29) is 0 Å². The molecule has 0 aliphatic heterocycles. The second-order valence-corrected chi connectivity index (χ2v) is 10.3. The van der Waals surface area contributed by atoms with Crippen molar-refractivity contribution in [2.75, 3.05) is 0 Å². The van der Waals surface area contributed by atoms with Gasteiger partial charge >= 0.3 is 5.97 Å². The highest BCUT2D eigenvalue weighted by atomic mass is 16.4. The number of allylic oxidation sites excluding steroid dienone is 1. The number of hydrogen-bond donors (Lipinski definition) is 3. The topological polar surface area (TPSA) is 104 Å². The molecule has 3 radical (unpaired) electrons. The summed E-state index contributed by atoms with van der Waals surface area (Å²) in [7, 11) is 0. The molecule has 39 heavy (non-hydrogen) atoms. The van der Waals surface area contributed by atoms with Crippen LogP contribution < -0.4 is 5.32 Å². The van der Waals surface area contributed by atoms with Crippen LogP contribution in [0, 0.1) is 19.4 Å². The third-order valence-corrected chi connectivity index (χ3v) is 6.96. The maximum absolute atomic E-state index is 12.8. The Morgan fingerprint density at radius 3 is 2.23 bits per heavy atom. The maximum atomic E-state index is 12.8. The van der Waals surface area contributed by atoms with Crippen LogP contribution in [0.4, 0.5) is 0 Å². The lowest BCUT2D eigenvalue weighted by molar-refractivity contribution is -0.160. The minimum atomic E-state index is -2.73. The van der Waals surface area contributed by atoms with E-state index in [0.717, 1.165) is 54.9 Å².